The second kappa shape index (κ2) is 5.32. The van der Waals surface area contributed by atoms with E-state index < -0.39 is 0 Å². The summed E-state index contributed by atoms with van der Waals surface area (Å²) in [4.78, 5) is 16.2. The van der Waals surface area contributed by atoms with Crippen molar-refractivity contribution in [3.05, 3.63) is 29.8 Å². The van der Waals surface area contributed by atoms with Gasteiger partial charge in [-0.2, -0.15) is 0 Å². The van der Waals surface area contributed by atoms with Crippen LogP contribution in [0, 0.1) is 0 Å². The van der Waals surface area contributed by atoms with Gasteiger partial charge >= 0.3 is 0 Å². The molecule has 3 nitrogen and oxygen atoms in total. The van der Waals surface area contributed by atoms with Crippen LogP contribution in [0.5, 0.6) is 0 Å². The maximum absolute atomic E-state index is 12.1. The fourth-order valence-electron chi connectivity index (χ4n) is 2.23. The first-order valence-corrected chi connectivity index (χ1v) is 6.21. The molecule has 92 valence electrons. The minimum Gasteiger partial charge on any atom is -0.311 e. The summed E-state index contributed by atoms with van der Waals surface area (Å²) in [5.74, 6) is 0.261. The zero-order valence-electron chi connectivity index (χ0n) is 10.6. The van der Waals surface area contributed by atoms with Gasteiger partial charge in [0, 0.05) is 25.2 Å². The van der Waals surface area contributed by atoms with Crippen LogP contribution in [0.2, 0.25) is 0 Å². The molecule has 0 bridgehead atoms. The van der Waals surface area contributed by atoms with Crippen molar-refractivity contribution in [1.29, 1.82) is 0 Å². The van der Waals surface area contributed by atoms with Gasteiger partial charge in [-0.1, -0.05) is 18.2 Å². The van der Waals surface area contributed by atoms with E-state index in [-0.39, 0.29) is 5.91 Å². The Hall–Kier alpha value is -1.35. The smallest absolute Gasteiger partial charge is 0.227 e. The molecule has 0 aromatic heterocycles. The van der Waals surface area contributed by atoms with Gasteiger partial charge in [-0.05, 0) is 38.6 Å². The number of benzene rings is 1. The number of hydrogen-bond donors (Lipinski definition) is 0. The number of aryl methyl sites for hydroxylation is 1. The van der Waals surface area contributed by atoms with Gasteiger partial charge in [0.25, 0.3) is 0 Å². The number of para-hydroxylation sites is 1. The number of likely N-dealkylation sites (N-methyl/N-ethyl adjacent to an activating group) is 1. The topological polar surface area (TPSA) is 23.6 Å². The van der Waals surface area contributed by atoms with E-state index in [1.807, 2.05) is 25.1 Å². The number of fused-ring (bicyclic) bond motifs is 1. The first-order chi connectivity index (χ1) is 8.18. The maximum atomic E-state index is 12.1. The second-order valence-electron chi connectivity index (χ2n) is 4.83. The molecule has 1 aliphatic rings. The highest BCUT2D eigenvalue weighted by atomic mass is 16.2. The lowest BCUT2D eigenvalue weighted by atomic mass is 10.1. The van der Waals surface area contributed by atoms with Crippen molar-refractivity contribution < 1.29 is 4.79 Å². The number of anilines is 1. The monoisotopic (exact) mass is 232 g/mol. The highest BCUT2D eigenvalue weighted by molar-refractivity contribution is 5.94. The zero-order valence-corrected chi connectivity index (χ0v) is 10.6. The zero-order chi connectivity index (χ0) is 12.3. The summed E-state index contributed by atoms with van der Waals surface area (Å²) in [6.07, 6.45) is 2.65. The first-order valence-electron chi connectivity index (χ1n) is 6.21. The van der Waals surface area contributed by atoms with E-state index in [0.717, 1.165) is 31.6 Å². The van der Waals surface area contributed by atoms with Crippen LogP contribution in [0.3, 0.4) is 0 Å². The summed E-state index contributed by atoms with van der Waals surface area (Å²) in [5, 5.41) is 0. The van der Waals surface area contributed by atoms with Crippen molar-refractivity contribution >= 4 is 11.6 Å². The van der Waals surface area contributed by atoms with Gasteiger partial charge in [-0.3, -0.25) is 4.79 Å². The second-order valence-corrected chi connectivity index (χ2v) is 4.83. The van der Waals surface area contributed by atoms with Crippen molar-refractivity contribution in [1.82, 2.24) is 4.90 Å². The van der Waals surface area contributed by atoms with Gasteiger partial charge in [-0.15, -0.1) is 0 Å². The molecule has 0 fully saturated rings. The number of carbonyl (C=O) groups excluding carboxylic acids is 1. The molecule has 3 heteroatoms. The normalized spacial score (nSPS) is 15.9. The summed E-state index contributed by atoms with van der Waals surface area (Å²) in [5.41, 5.74) is 2.41. The van der Waals surface area contributed by atoms with E-state index >= 15 is 0 Å². The van der Waals surface area contributed by atoms with E-state index in [2.05, 4.69) is 23.1 Å². The highest BCUT2D eigenvalue weighted by Crippen LogP contribution is 2.26. The SMILES string of the molecule is CN(C)CCN1C(=O)CCCc2ccccc21. The van der Waals surface area contributed by atoms with Gasteiger partial charge in [0.15, 0.2) is 0 Å². The Bertz CT molecular complexity index is 401. The maximum Gasteiger partial charge on any atom is 0.227 e. The Labute approximate surface area is 103 Å². The van der Waals surface area contributed by atoms with Crippen LogP contribution in [0.4, 0.5) is 5.69 Å². The van der Waals surface area contributed by atoms with Crippen LogP contribution in [0.15, 0.2) is 24.3 Å². The van der Waals surface area contributed by atoms with Crippen LogP contribution < -0.4 is 4.90 Å². The summed E-state index contributed by atoms with van der Waals surface area (Å²) < 4.78 is 0. The third kappa shape index (κ3) is 2.86. The van der Waals surface area contributed by atoms with Crippen LogP contribution in [0.25, 0.3) is 0 Å². The Morgan fingerprint density at radius 1 is 1.24 bits per heavy atom. The molecule has 0 spiro atoms. The average Bonchev–Trinajstić information content (AvgIpc) is 2.45. The summed E-state index contributed by atoms with van der Waals surface area (Å²) in [7, 11) is 4.07. The molecule has 2 rings (SSSR count). The largest absolute Gasteiger partial charge is 0.311 e. The number of nitrogens with zero attached hydrogens (tertiary/aromatic N) is 2. The molecule has 0 saturated carbocycles. The van der Waals surface area contributed by atoms with E-state index in [1.165, 1.54) is 5.56 Å². The third-order valence-corrected chi connectivity index (χ3v) is 3.19. The molecule has 17 heavy (non-hydrogen) atoms. The van der Waals surface area contributed by atoms with Gasteiger partial charge < -0.3 is 9.80 Å². The quantitative estimate of drug-likeness (QED) is 0.795. The first kappa shape index (κ1) is 12.1. The summed E-state index contributed by atoms with van der Waals surface area (Å²) in [6.45, 7) is 1.68. The van der Waals surface area contributed by atoms with Crippen molar-refractivity contribution in [2.24, 2.45) is 0 Å². The van der Waals surface area contributed by atoms with Gasteiger partial charge in [0.1, 0.15) is 0 Å². The van der Waals surface area contributed by atoms with Crippen molar-refractivity contribution in [2.75, 3.05) is 32.1 Å². The van der Waals surface area contributed by atoms with E-state index in [1.54, 1.807) is 0 Å². The molecule has 1 amide bonds. The molecule has 0 atom stereocenters. The van der Waals surface area contributed by atoms with E-state index in [9.17, 15) is 4.79 Å². The predicted octanol–water partition coefficient (Wildman–Crippen LogP) is 1.92. The van der Waals surface area contributed by atoms with Gasteiger partial charge in [-0.25, -0.2) is 0 Å². The molecule has 0 N–H and O–H groups in total. The lowest BCUT2D eigenvalue weighted by molar-refractivity contribution is -0.118. The molecule has 1 aromatic rings. The van der Waals surface area contributed by atoms with Crippen LogP contribution >= 0.6 is 0 Å². The molecule has 1 aliphatic heterocycles. The molecular weight excluding hydrogens is 212 g/mol. The molecule has 1 aromatic carbocycles. The standard InChI is InChI=1S/C14H20N2O/c1-15(2)10-11-16-13-8-4-3-6-12(13)7-5-9-14(16)17/h3-4,6,8H,5,7,9-11H2,1-2H3. The van der Waals surface area contributed by atoms with Crippen LogP contribution in [-0.2, 0) is 11.2 Å². The number of hydrogen-bond acceptors (Lipinski definition) is 2. The Morgan fingerprint density at radius 3 is 2.76 bits per heavy atom. The summed E-state index contributed by atoms with van der Waals surface area (Å²) in [6, 6.07) is 8.27. The number of rotatable bonds is 3. The van der Waals surface area contributed by atoms with Crippen molar-refractivity contribution in [3.63, 3.8) is 0 Å². The molecule has 1 heterocycles. The van der Waals surface area contributed by atoms with Crippen molar-refractivity contribution in [3.8, 4) is 0 Å². The van der Waals surface area contributed by atoms with E-state index in [4.69, 9.17) is 0 Å². The molecule has 0 unspecified atom stereocenters. The van der Waals surface area contributed by atoms with Crippen LogP contribution in [-0.4, -0.2) is 38.0 Å². The predicted molar refractivity (Wildman–Crippen MR) is 70.3 cm³/mol. The van der Waals surface area contributed by atoms with Gasteiger partial charge in [0.2, 0.25) is 5.91 Å². The van der Waals surface area contributed by atoms with E-state index in [0.29, 0.717) is 6.42 Å². The fourth-order valence-corrected chi connectivity index (χ4v) is 2.23. The lowest BCUT2D eigenvalue weighted by Crippen LogP contribution is -2.36. The third-order valence-electron chi connectivity index (χ3n) is 3.19. The van der Waals surface area contributed by atoms with Crippen molar-refractivity contribution in [2.45, 2.75) is 19.3 Å². The molecular formula is C14H20N2O. The Balaban J connectivity index is 2.24. The van der Waals surface area contributed by atoms with Gasteiger partial charge in [0.05, 0.1) is 0 Å². The number of amides is 1. The average molecular weight is 232 g/mol. The minimum absolute atomic E-state index is 0.261. The minimum atomic E-state index is 0.261. The molecule has 0 radical (unpaired) electrons. The lowest BCUT2D eigenvalue weighted by Gasteiger charge is -2.24. The highest BCUT2D eigenvalue weighted by Gasteiger charge is 2.21. The number of carbonyl (C=O) groups is 1. The van der Waals surface area contributed by atoms with Crippen LogP contribution in [0.1, 0.15) is 18.4 Å². The molecule has 0 aliphatic carbocycles. The Kier molecular flexibility index (Phi) is 3.79. The fraction of sp³-hybridized carbons (Fsp3) is 0.500. The summed E-state index contributed by atoms with van der Waals surface area (Å²) >= 11 is 0. The molecule has 0 saturated heterocycles. The Morgan fingerprint density at radius 2 is 2.00 bits per heavy atom.